The molecule has 0 saturated carbocycles. The van der Waals surface area contributed by atoms with Gasteiger partial charge in [0, 0.05) is 18.5 Å². The summed E-state index contributed by atoms with van der Waals surface area (Å²) in [5.41, 5.74) is 1.74. The molecule has 116 valence electrons. The maximum absolute atomic E-state index is 12.6. The quantitative estimate of drug-likeness (QED) is 0.804. The third-order valence-corrected chi connectivity index (χ3v) is 3.65. The van der Waals surface area contributed by atoms with E-state index in [9.17, 15) is 9.59 Å². The second kappa shape index (κ2) is 5.96. The number of anilines is 1. The molecule has 1 amide bonds. The van der Waals surface area contributed by atoms with E-state index in [1.807, 2.05) is 36.4 Å². The highest BCUT2D eigenvalue weighted by molar-refractivity contribution is 6.14. The molecular weight excluding hydrogens is 292 g/mol. The number of hydrogen-bond acceptors (Lipinski definition) is 3. The molecule has 0 bridgehead atoms. The molecule has 0 saturated heterocycles. The average Bonchev–Trinajstić information content (AvgIpc) is 2.95. The zero-order valence-electron chi connectivity index (χ0n) is 12.9. The Morgan fingerprint density at radius 3 is 2.48 bits per heavy atom. The lowest BCUT2D eigenvalue weighted by molar-refractivity contribution is 0.0941. The molecule has 0 unspecified atom stereocenters. The van der Waals surface area contributed by atoms with Gasteiger partial charge in [0.2, 0.25) is 5.91 Å². The number of para-hydroxylation sites is 3. The van der Waals surface area contributed by atoms with Crippen LogP contribution in [0.5, 0.6) is 5.75 Å². The maximum atomic E-state index is 12.6. The first-order valence-corrected chi connectivity index (χ1v) is 7.17. The van der Waals surface area contributed by atoms with Gasteiger partial charge in [-0.25, -0.2) is 0 Å². The Morgan fingerprint density at radius 2 is 1.74 bits per heavy atom. The van der Waals surface area contributed by atoms with Gasteiger partial charge in [0.25, 0.3) is 5.91 Å². The highest BCUT2D eigenvalue weighted by Gasteiger charge is 2.17. The van der Waals surface area contributed by atoms with Crippen molar-refractivity contribution in [1.82, 2.24) is 4.57 Å². The van der Waals surface area contributed by atoms with Crippen LogP contribution in [0.3, 0.4) is 0 Å². The zero-order valence-corrected chi connectivity index (χ0v) is 12.9. The number of hydrogen-bond donors (Lipinski definition) is 1. The van der Waals surface area contributed by atoms with Crippen LogP contribution in [0.1, 0.15) is 22.1 Å². The number of rotatable bonds is 3. The lowest BCUT2D eigenvalue weighted by atomic mass is 10.1. The first-order chi connectivity index (χ1) is 11.1. The first kappa shape index (κ1) is 14.8. The summed E-state index contributed by atoms with van der Waals surface area (Å²) in [5, 5.41) is 3.57. The van der Waals surface area contributed by atoms with Crippen molar-refractivity contribution in [2.75, 3.05) is 12.4 Å². The highest BCUT2D eigenvalue weighted by Crippen LogP contribution is 2.26. The van der Waals surface area contributed by atoms with Gasteiger partial charge in [0.1, 0.15) is 5.75 Å². The molecule has 0 aliphatic carbocycles. The van der Waals surface area contributed by atoms with E-state index in [0.717, 1.165) is 5.39 Å². The first-order valence-electron chi connectivity index (χ1n) is 7.17. The normalized spacial score (nSPS) is 10.5. The fourth-order valence-electron chi connectivity index (χ4n) is 2.56. The van der Waals surface area contributed by atoms with Crippen LogP contribution in [0, 0.1) is 0 Å². The molecule has 0 atom stereocenters. The van der Waals surface area contributed by atoms with E-state index in [-0.39, 0.29) is 11.8 Å². The summed E-state index contributed by atoms with van der Waals surface area (Å²) in [7, 11) is 1.55. The number of amides is 1. The topological polar surface area (TPSA) is 60.3 Å². The van der Waals surface area contributed by atoms with E-state index in [0.29, 0.717) is 22.5 Å². The van der Waals surface area contributed by atoms with Gasteiger partial charge in [0.05, 0.1) is 23.9 Å². The van der Waals surface area contributed by atoms with Crippen LogP contribution in [0.15, 0.2) is 54.7 Å². The summed E-state index contributed by atoms with van der Waals surface area (Å²) >= 11 is 0. The highest BCUT2D eigenvalue weighted by atomic mass is 16.5. The van der Waals surface area contributed by atoms with E-state index in [1.165, 1.54) is 11.5 Å². The third-order valence-electron chi connectivity index (χ3n) is 3.65. The lowest BCUT2D eigenvalue weighted by Crippen LogP contribution is -2.12. The standard InChI is InChI=1S/C18H16N2O3/c1-12(21)20-11-14(13-7-3-5-9-16(13)20)18(22)19-15-8-4-6-10-17(15)23-2/h3-11H,1-2H3,(H,19,22). The minimum absolute atomic E-state index is 0.141. The van der Waals surface area contributed by atoms with Crippen molar-refractivity contribution in [2.24, 2.45) is 0 Å². The summed E-state index contributed by atoms with van der Waals surface area (Å²) in [4.78, 5) is 24.4. The van der Waals surface area contributed by atoms with Crippen molar-refractivity contribution < 1.29 is 14.3 Å². The summed E-state index contributed by atoms with van der Waals surface area (Å²) in [5.74, 6) is 0.152. The Labute approximate surface area is 133 Å². The molecule has 5 nitrogen and oxygen atoms in total. The monoisotopic (exact) mass is 308 g/mol. The number of nitrogens with zero attached hydrogens (tertiary/aromatic N) is 1. The van der Waals surface area contributed by atoms with E-state index in [2.05, 4.69) is 5.32 Å². The second-order valence-electron chi connectivity index (χ2n) is 5.10. The second-order valence-corrected chi connectivity index (χ2v) is 5.10. The van der Waals surface area contributed by atoms with E-state index >= 15 is 0 Å². The molecule has 23 heavy (non-hydrogen) atoms. The van der Waals surface area contributed by atoms with Crippen LogP contribution in [0.2, 0.25) is 0 Å². The van der Waals surface area contributed by atoms with Gasteiger partial charge in [-0.1, -0.05) is 30.3 Å². The summed E-state index contributed by atoms with van der Waals surface area (Å²) in [6, 6.07) is 14.5. The molecule has 3 rings (SSSR count). The van der Waals surface area contributed by atoms with Crippen molar-refractivity contribution in [1.29, 1.82) is 0 Å². The predicted molar refractivity (Wildman–Crippen MR) is 89.2 cm³/mol. The number of methoxy groups -OCH3 is 1. The minimum Gasteiger partial charge on any atom is -0.495 e. The van der Waals surface area contributed by atoms with Gasteiger partial charge in [-0.15, -0.1) is 0 Å². The van der Waals surface area contributed by atoms with Crippen LogP contribution in [0.25, 0.3) is 10.9 Å². The summed E-state index contributed by atoms with van der Waals surface area (Å²) in [6.45, 7) is 1.47. The fraction of sp³-hybridized carbons (Fsp3) is 0.111. The number of ether oxygens (including phenoxy) is 1. The Morgan fingerprint density at radius 1 is 1.04 bits per heavy atom. The molecule has 5 heteroatoms. The number of carbonyl (C=O) groups is 2. The number of carbonyl (C=O) groups excluding carboxylic acids is 2. The zero-order chi connectivity index (χ0) is 16.4. The molecule has 1 heterocycles. The number of fused-ring (bicyclic) bond motifs is 1. The van der Waals surface area contributed by atoms with Crippen molar-refractivity contribution in [2.45, 2.75) is 6.92 Å². The molecule has 2 aromatic carbocycles. The van der Waals surface area contributed by atoms with Crippen molar-refractivity contribution >= 4 is 28.4 Å². The molecule has 0 radical (unpaired) electrons. The average molecular weight is 308 g/mol. The SMILES string of the molecule is COc1ccccc1NC(=O)c1cn(C(C)=O)c2ccccc12. The van der Waals surface area contributed by atoms with Gasteiger partial charge in [-0.05, 0) is 18.2 Å². The van der Waals surface area contributed by atoms with E-state index in [1.54, 1.807) is 25.4 Å². The van der Waals surface area contributed by atoms with E-state index < -0.39 is 0 Å². The molecular formula is C18H16N2O3. The van der Waals surface area contributed by atoms with Gasteiger partial charge in [0.15, 0.2) is 0 Å². The molecule has 1 aromatic heterocycles. The Balaban J connectivity index is 2.03. The van der Waals surface area contributed by atoms with Crippen molar-refractivity contribution in [3.05, 3.63) is 60.3 Å². The van der Waals surface area contributed by atoms with Gasteiger partial charge in [-0.3, -0.25) is 14.2 Å². The Bertz CT molecular complexity index is 896. The van der Waals surface area contributed by atoms with Crippen LogP contribution < -0.4 is 10.1 Å². The summed E-state index contributed by atoms with van der Waals surface area (Å²) in [6.07, 6.45) is 1.57. The Hall–Kier alpha value is -3.08. The van der Waals surface area contributed by atoms with Crippen LogP contribution in [-0.2, 0) is 0 Å². The Kier molecular flexibility index (Phi) is 3.85. The third kappa shape index (κ3) is 2.68. The van der Waals surface area contributed by atoms with E-state index in [4.69, 9.17) is 4.74 Å². The van der Waals surface area contributed by atoms with Crippen LogP contribution in [-0.4, -0.2) is 23.5 Å². The molecule has 0 spiro atoms. The minimum atomic E-state index is -0.286. The molecule has 0 aliphatic rings. The summed E-state index contributed by atoms with van der Waals surface area (Å²) < 4.78 is 6.72. The predicted octanol–water partition coefficient (Wildman–Crippen LogP) is 3.56. The molecule has 1 N–H and O–H groups in total. The largest absolute Gasteiger partial charge is 0.495 e. The lowest BCUT2D eigenvalue weighted by Gasteiger charge is -2.09. The number of benzene rings is 2. The molecule has 0 aliphatic heterocycles. The number of nitrogens with one attached hydrogen (secondary N) is 1. The number of aromatic nitrogens is 1. The van der Waals surface area contributed by atoms with Gasteiger partial charge < -0.3 is 10.1 Å². The van der Waals surface area contributed by atoms with Crippen molar-refractivity contribution in [3.63, 3.8) is 0 Å². The molecule has 0 fully saturated rings. The fourth-order valence-corrected chi connectivity index (χ4v) is 2.56. The van der Waals surface area contributed by atoms with Gasteiger partial charge >= 0.3 is 0 Å². The van der Waals surface area contributed by atoms with Crippen LogP contribution in [0.4, 0.5) is 5.69 Å². The van der Waals surface area contributed by atoms with Gasteiger partial charge in [-0.2, -0.15) is 0 Å². The molecule has 3 aromatic rings. The smallest absolute Gasteiger partial charge is 0.257 e. The van der Waals surface area contributed by atoms with Crippen molar-refractivity contribution in [3.8, 4) is 5.75 Å². The maximum Gasteiger partial charge on any atom is 0.257 e. The van der Waals surface area contributed by atoms with Crippen LogP contribution >= 0.6 is 0 Å².